The van der Waals surface area contributed by atoms with E-state index in [4.69, 9.17) is 9.57 Å². The van der Waals surface area contributed by atoms with Crippen LogP contribution in [-0.4, -0.2) is 32.4 Å². The Hall–Kier alpha value is -3.16. The summed E-state index contributed by atoms with van der Waals surface area (Å²) >= 11 is 0. The predicted octanol–water partition coefficient (Wildman–Crippen LogP) is 3.90. The molecule has 0 radical (unpaired) electrons. The normalized spacial score (nSPS) is 10.9. The van der Waals surface area contributed by atoms with Crippen LogP contribution in [0.15, 0.2) is 41.6 Å². The van der Waals surface area contributed by atoms with Crippen LogP contribution in [0.1, 0.15) is 16.7 Å². The fourth-order valence-corrected chi connectivity index (χ4v) is 2.34. The summed E-state index contributed by atoms with van der Waals surface area (Å²) in [6.45, 7) is 0.582. The number of nitrogens with zero attached hydrogens (tertiary/aromatic N) is 1. The first-order chi connectivity index (χ1) is 12.9. The maximum absolute atomic E-state index is 12.3. The van der Waals surface area contributed by atoms with Gasteiger partial charge in [-0.05, 0) is 43.2 Å². The maximum atomic E-state index is 12.3. The van der Waals surface area contributed by atoms with Crippen LogP contribution in [-0.2, 0) is 9.63 Å². The second-order valence-corrected chi connectivity index (χ2v) is 5.61. The van der Waals surface area contributed by atoms with E-state index in [2.05, 4.69) is 15.2 Å². The largest absolute Gasteiger partial charge is 0.493 e. The highest BCUT2D eigenvalue weighted by Crippen LogP contribution is 2.28. The number of ether oxygens (including phenoxy) is 2. The zero-order valence-corrected chi connectivity index (χ0v) is 15.2. The number of anilines is 1. The summed E-state index contributed by atoms with van der Waals surface area (Å²) in [6, 6.07) is 10.0. The second-order valence-electron chi connectivity index (χ2n) is 5.61. The average Bonchev–Trinajstić information content (AvgIpc) is 2.62. The Balaban J connectivity index is 1.91. The lowest BCUT2D eigenvalue weighted by atomic mass is 10.1. The summed E-state index contributed by atoms with van der Waals surface area (Å²) in [7, 11) is 1.34. The maximum Gasteiger partial charge on any atom is 0.387 e. The van der Waals surface area contributed by atoms with E-state index >= 15 is 0 Å². The van der Waals surface area contributed by atoms with Crippen LogP contribution >= 0.6 is 0 Å². The summed E-state index contributed by atoms with van der Waals surface area (Å²) in [5.74, 6) is -0.298. The third-order valence-corrected chi connectivity index (χ3v) is 3.62. The molecule has 0 unspecified atom stereocenters. The van der Waals surface area contributed by atoms with E-state index in [1.54, 1.807) is 0 Å². The topological polar surface area (TPSA) is 69.2 Å². The van der Waals surface area contributed by atoms with Gasteiger partial charge in [-0.1, -0.05) is 23.4 Å². The van der Waals surface area contributed by atoms with E-state index in [1.807, 2.05) is 32.0 Å². The van der Waals surface area contributed by atoms with Gasteiger partial charge in [0.05, 0.1) is 13.3 Å². The number of rotatable bonds is 8. The van der Waals surface area contributed by atoms with Crippen LogP contribution in [0.4, 0.5) is 14.5 Å². The standard InChI is InChI=1S/C19H20F2N2O4/c1-12-5-4-6-13(2)18(12)23-17(24)11-26-22-10-14-7-8-15(27-19(20)21)16(9-14)25-3/h4-10,19H,11H2,1-3H3,(H,23,24)/b22-10+. The molecular weight excluding hydrogens is 358 g/mol. The molecule has 0 aliphatic rings. The quantitative estimate of drug-likeness (QED) is 0.559. The second kappa shape index (κ2) is 9.51. The molecule has 0 fully saturated rings. The van der Waals surface area contributed by atoms with E-state index < -0.39 is 6.61 Å². The molecule has 0 aliphatic carbocycles. The number of halogens is 2. The number of hydrogen-bond donors (Lipinski definition) is 1. The number of benzene rings is 2. The fourth-order valence-electron chi connectivity index (χ4n) is 2.34. The first-order valence-electron chi connectivity index (χ1n) is 8.05. The SMILES string of the molecule is COc1cc(/C=N/OCC(=O)Nc2c(C)cccc2C)ccc1OC(F)F. The molecule has 0 spiro atoms. The molecule has 0 aliphatic heterocycles. The lowest BCUT2D eigenvalue weighted by molar-refractivity contribution is -0.120. The Morgan fingerprint density at radius 1 is 1.19 bits per heavy atom. The Morgan fingerprint density at radius 2 is 1.89 bits per heavy atom. The molecule has 2 aromatic carbocycles. The van der Waals surface area contributed by atoms with Crippen molar-refractivity contribution >= 4 is 17.8 Å². The molecule has 0 heterocycles. The van der Waals surface area contributed by atoms with Gasteiger partial charge in [-0.15, -0.1) is 0 Å². The Morgan fingerprint density at radius 3 is 2.52 bits per heavy atom. The van der Waals surface area contributed by atoms with Gasteiger partial charge in [0.1, 0.15) is 0 Å². The molecule has 2 aromatic rings. The van der Waals surface area contributed by atoms with Gasteiger partial charge in [-0.3, -0.25) is 4.79 Å². The van der Waals surface area contributed by atoms with Gasteiger partial charge in [0.2, 0.25) is 0 Å². The summed E-state index contributed by atoms with van der Waals surface area (Å²) in [6.07, 6.45) is 1.33. The summed E-state index contributed by atoms with van der Waals surface area (Å²) in [5, 5.41) is 6.48. The highest BCUT2D eigenvalue weighted by Gasteiger charge is 2.11. The number of oxime groups is 1. The number of para-hydroxylation sites is 1. The van der Waals surface area contributed by atoms with E-state index in [0.717, 1.165) is 16.8 Å². The van der Waals surface area contributed by atoms with E-state index in [1.165, 1.54) is 31.5 Å². The Bertz CT molecular complexity index is 805. The van der Waals surface area contributed by atoms with Gasteiger partial charge in [0.15, 0.2) is 18.1 Å². The minimum absolute atomic E-state index is 0.0847. The van der Waals surface area contributed by atoms with Gasteiger partial charge in [-0.25, -0.2) is 0 Å². The van der Waals surface area contributed by atoms with Crippen molar-refractivity contribution in [3.8, 4) is 11.5 Å². The van der Waals surface area contributed by atoms with Gasteiger partial charge < -0.3 is 19.6 Å². The van der Waals surface area contributed by atoms with Crippen molar-refractivity contribution in [2.75, 3.05) is 19.0 Å². The Labute approximate surface area is 155 Å². The van der Waals surface area contributed by atoms with Crippen molar-refractivity contribution in [1.82, 2.24) is 0 Å². The number of nitrogens with one attached hydrogen (secondary N) is 1. The predicted molar refractivity (Wildman–Crippen MR) is 97.7 cm³/mol. The molecule has 0 saturated heterocycles. The molecule has 8 heteroatoms. The number of amides is 1. The van der Waals surface area contributed by atoms with Crippen molar-refractivity contribution in [1.29, 1.82) is 0 Å². The molecular formula is C19H20F2N2O4. The average molecular weight is 378 g/mol. The molecule has 1 amide bonds. The summed E-state index contributed by atoms with van der Waals surface area (Å²) in [5.41, 5.74) is 3.17. The van der Waals surface area contributed by atoms with Crippen molar-refractivity contribution < 1.29 is 27.9 Å². The summed E-state index contributed by atoms with van der Waals surface area (Å²) in [4.78, 5) is 16.9. The molecule has 27 heavy (non-hydrogen) atoms. The zero-order valence-electron chi connectivity index (χ0n) is 15.2. The van der Waals surface area contributed by atoms with Gasteiger partial charge in [0.25, 0.3) is 5.91 Å². The monoisotopic (exact) mass is 378 g/mol. The van der Waals surface area contributed by atoms with Crippen molar-refractivity contribution in [3.63, 3.8) is 0 Å². The molecule has 2 rings (SSSR count). The van der Waals surface area contributed by atoms with Crippen molar-refractivity contribution in [2.45, 2.75) is 20.5 Å². The fraction of sp³-hybridized carbons (Fsp3) is 0.263. The van der Waals surface area contributed by atoms with Crippen LogP contribution in [0, 0.1) is 13.8 Å². The van der Waals surface area contributed by atoms with E-state index in [9.17, 15) is 13.6 Å². The Kier molecular flexibility index (Phi) is 7.10. The lowest BCUT2D eigenvalue weighted by Crippen LogP contribution is -2.18. The first kappa shape index (κ1) is 20.2. The van der Waals surface area contributed by atoms with E-state index in [0.29, 0.717) is 5.56 Å². The van der Waals surface area contributed by atoms with Gasteiger partial charge >= 0.3 is 6.61 Å². The first-order valence-corrected chi connectivity index (χ1v) is 8.05. The minimum Gasteiger partial charge on any atom is -0.493 e. The number of alkyl halides is 2. The number of carbonyl (C=O) groups is 1. The van der Waals surface area contributed by atoms with Crippen LogP contribution in [0.5, 0.6) is 11.5 Å². The number of carbonyl (C=O) groups excluding carboxylic acids is 1. The molecule has 1 N–H and O–H groups in total. The van der Waals surface area contributed by atoms with Crippen LogP contribution in [0.3, 0.4) is 0 Å². The smallest absolute Gasteiger partial charge is 0.387 e. The number of methoxy groups -OCH3 is 1. The van der Waals surface area contributed by atoms with Crippen LogP contribution < -0.4 is 14.8 Å². The van der Waals surface area contributed by atoms with Crippen LogP contribution in [0.2, 0.25) is 0 Å². The third kappa shape index (κ3) is 5.95. The third-order valence-electron chi connectivity index (χ3n) is 3.62. The van der Waals surface area contributed by atoms with Gasteiger partial charge in [0, 0.05) is 11.3 Å². The van der Waals surface area contributed by atoms with E-state index in [-0.39, 0.29) is 24.0 Å². The van der Waals surface area contributed by atoms with Crippen molar-refractivity contribution in [2.24, 2.45) is 5.16 Å². The highest BCUT2D eigenvalue weighted by atomic mass is 19.3. The highest BCUT2D eigenvalue weighted by molar-refractivity contribution is 5.93. The van der Waals surface area contributed by atoms with Crippen LogP contribution in [0.25, 0.3) is 0 Å². The molecule has 144 valence electrons. The lowest BCUT2D eigenvalue weighted by Gasteiger charge is -2.11. The zero-order chi connectivity index (χ0) is 19.8. The number of aryl methyl sites for hydroxylation is 2. The van der Waals surface area contributed by atoms with Gasteiger partial charge in [-0.2, -0.15) is 8.78 Å². The van der Waals surface area contributed by atoms with Crippen molar-refractivity contribution in [3.05, 3.63) is 53.1 Å². The molecule has 0 saturated carbocycles. The number of hydrogen-bond acceptors (Lipinski definition) is 5. The summed E-state index contributed by atoms with van der Waals surface area (Å²) < 4.78 is 33.9. The minimum atomic E-state index is -2.95. The molecule has 0 aromatic heterocycles. The molecule has 6 nitrogen and oxygen atoms in total. The molecule has 0 bridgehead atoms. The molecule has 0 atom stereocenters.